The number of hydrogen-bond donors (Lipinski definition) is 0. The molecule has 0 radical (unpaired) electrons. The lowest BCUT2D eigenvalue weighted by atomic mass is 9.93. The van der Waals surface area contributed by atoms with Gasteiger partial charge in [0.05, 0.1) is 5.92 Å². The zero-order valence-electron chi connectivity index (χ0n) is 15.8. The number of nitrogens with zero attached hydrogens (tertiary/aromatic N) is 1. The van der Waals surface area contributed by atoms with E-state index in [-0.39, 0.29) is 19.0 Å². The summed E-state index contributed by atoms with van der Waals surface area (Å²) in [6, 6.07) is -1.05. The van der Waals surface area contributed by atoms with Crippen LogP contribution in [0, 0.1) is 5.92 Å². The molecule has 144 valence electrons. The topological polar surface area (TPSA) is 82.1 Å². The monoisotopic (exact) mass is 377 g/mol. The predicted molar refractivity (Wildman–Crippen MR) is 92.1 cm³/mol. The number of amides is 1. The van der Waals surface area contributed by atoms with Gasteiger partial charge in [0, 0.05) is 6.54 Å². The molecule has 7 nitrogen and oxygen atoms in total. The Morgan fingerprint density at radius 3 is 2.00 bits per heavy atom. The van der Waals surface area contributed by atoms with Crippen molar-refractivity contribution in [2.45, 2.75) is 71.6 Å². The Bertz CT molecular complexity index is 508. The molecule has 0 spiro atoms. The highest BCUT2D eigenvalue weighted by Gasteiger charge is 2.42. The van der Waals surface area contributed by atoms with E-state index < -0.39 is 41.2 Å². The summed E-state index contributed by atoms with van der Waals surface area (Å²) in [7, 11) is 0. The maximum Gasteiger partial charge on any atom is 0.411 e. The molecule has 1 heterocycles. The summed E-state index contributed by atoms with van der Waals surface area (Å²) in [6.45, 7) is 10.5. The second-order valence-corrected chi connectivity index (χ2v) is 8.25. The fraction of sp³-hybridized carbons (Fsp3) is 0.824. The normalized spacial score (nSPS) is 21.5. The first-order chi connectivity index (χ1) is 11.3. The molecule has 0 bridgehead atoms. The molecular weight excluding hydrogens is 350 g/mol. The first kappa shape index (κ1) is 21.5. The Labute approximate surface area is 153 Å². The second-order valence-electron chi connectivity index (χ2n) is 8.03. The number of ether oxygens (including phenoxy) is 3. The van der Waals surface area contributed by atoms with Crippen molar-refractivity contribution in [1.82, 2.24) is 4.90 Å². The van der Waals surface area contributed by atoms with E-state index in [0.717, 1.165) is 0 Å². The molecule has 0 N–H and O–H groups in total. The van der Waals surface area contributed by atoms with Crippen molar-refractivity contribution in [3.63, 3.8) is 0 Å². The molecule has 25 heavy (non-hydrogen) atoms. The van der Waals surface area contributed by atoms with Gasteiger partial charge in [-0.05, 0) is 54.4 Å². The third-order valence-corrected chi connectivity index (χ3v) is 3.53. The van der Waals surface area contributed by atoms with Gasteiger partial charge in [-0.25, -0.2) is 9.59 Å². The maximum atomic E-state index is 12.5. The minimum Gasteiger partial charge on any atom is -0.458 e. The van der Waals surface area contributed by atoms with E-state index in [1.807, 2.05) is 0 Å². The van der Waals surface area contributed by atoms with Crippen molar-refractivity contribution in [3.8, 4) is 0 Å². The van der Waals surface area contributed by atoms with Gasteiger partial charge >= 0.3 is 18.0 Å². The van der Waals surface area contributed by atoms with E-state index >= 15 is 0 Å². The van der Waals surface area contributed by atoms with Gasteiger partial charge in [0.15, 0.2) is 6.07 Å². The molecule has 0 aromatic rings. The molecule has 1 aliphatic rings. The molecular formula is C17H28ClNO6. The second kappa shape index (κ2) is 8.25. The third kappa shape index (κ3) is 7.10. The zero-order chi connectivity index (χ0) is 19.4. The minimum atomic E-state index is -0.797. The summed E-state index contributed by atoms with van der Waals surface area (Å²) >= 11 is 5.43. The number of esters is 2. The standard InChI is InChI=1S/C17H28ClNO6/c1-16(2,3)24-14(21)12-8-7-11(13(20)23-10-18)9-19(12)15(22)25-17(4,5)6/h11-12H,7-10H2,1-6H3/t11-,12-/m0/s1. The van der Waals surface area contributed by atoms with E-state index in [4.69, 9.17) is 25.8 Å². The SMILES string of the molecule is CC(C)(C)OC(=O)[C@@H]1CC[C@H](C(=O)OCCl)CN1C(=O)OC(C)(C)C. The summed E-state index contributed by atoms with van der Waals surface area (Å²) < 4.78 is 15.6. The van der Waals surface area contributed by atoms with E-state index in [2.05, 4.69) is 0 Å². The van der Waals surface area contributed by atoms with E-state index in [1.54, 1.807) is 41.5 Å². The Morgan fingerprint density at radius 1 is 0.960 bits per heavy atom. The van der Waals surface area contributed by atoms with Gasteiger partial charge in [-0.15, -0.1) is 0 Å². The summed E-state index contributed by atoms with van der Waals surface area (Å²) in [5.41, 5.74) is -1.40. The van der Waals surface area contributed by atoms with Gasteiger partial charge in [0.2, 0.25) is 0 Å². The Morgan fingerprint density at radius 2 is 1.52 bits per heavy atom. The molecule has 0 aromatic carbocycles. The molecule has 0 unspecified atom stereocenters. The number of hydrogen-bond acceptors (Lipinski definition) is 6. The number of rotatable bonds is 3. The van der Waals surface area contributed by atoms with Gasteiger partial charge in [-0.3, -0.25) is 9.69 Å². The van der Waals surface area contributed by atoms with Crippen LogP contribution in [0.4, 0.5) is 4.79 Å². The van der Waals surface area contributed by atoms with E-state index in [1.165, 1.54) is 4.90 Å². The highest BCUT2D eigenvalue weighted by Crippen LogP contribution is 2.27. The van der Waals surface area contributed by atoms with Crippen LogP contribution in [-0.2, 0) is 23.8 Å². The molecule has 1 rings (SSSR count). The van der Waals surface area contributed by atoms with Crippen LogP contribution in [0.25, 0.3) is 0 Å². The first-order valence-electron chi connectivity index (χ1n) is 8.29. The van der Waals surface area contributed by atoms with Crippen molar-refractivity contribution in [3.05, 3.63) is 0 Å². The highest BCUT2D eigenvalue weighted by atomic mass is 35.5. The van der Waals surface area contributed by atoms with Crippen molar-refractivity contribution < 1.29 is 28.6 Å². The largest absolute Gasteiger partial charge is 0.458 e. The van der Waals surface area contributed by atoms with Crippen LogP contribution in [0.5, 0.6) is 0 Å². The van der Waals surface area contributed by atoms with Crippen molar-refractivity contribution in [2.24, 2.45) is 5.92 Å². The number of piperidine rings is 1. The molecule has 0 saturated carbocycles. The Balaban J connectivity index is 2.96. The van der Waals surface area contributed by atoms with Crippen LogP contribution in [-0.4, -0.2) is 52.8 Å². The average Bonchev–Trinajstić information content (AvgIpc) is 2.43. The van der Waals surface area contributed by atoms with Crippen LogP contribution < -0.4 is 0 Å². The molecule has 8 heteroatoms. The van der Waals surface area contributed by atoms with E-state index in [9.17, 15) is 14.4 Å². The van der Waals surface area contributed by atoms with Crippen molar-refractivity contribution in [2.75, 3.05) is 12.6 Å². The fourth-order valence-electron chi connectivity index (χ4n) is 2.47. The summed E-state index contributed by atoms with van der Waals surface area (Å²) in [5.74, 6) is -1.56. The van der Waals surface area contributed by atoms with Crippen LogP contribution in [0.15, 0.2) is 0 Å². The quantitative estimate of drug-likeness (QED) is 0.427. The van der Waals surface area contributed by atoms with Crippen LogP contribution in [0.2, 0.25) is 0 Å². The first-order valence-corrected chi connectivity index (χ1v) is 8.82. The maximum absolute atomic E-state index is 12.5. The molecule has 1 fully saturated rings. The van der Waals surface area contributed by atoms with E-state index in [0.29, 0.717) is 6.42 Å². The number of likely N-dealkylation sites (tertiary alicyclic amines) is 1. The molecule has 0 aromatic heterocycles. The summed E-state index contributed by atoms with van der Waals surface area (Å²) in [5, 5.41) is 0. The summed E-state index contributed by atoms with van der Waals surface area (Å²) in [4.78, 5) is 38.2. The highest BCUT2D eigenvalue weighted by molar-refractivity contribution is 6.17. The minimum absolute atomic E-state index is 0.0224. The summed E-state index contributed by atoms with van der Waals surface area (Å²) in [6.07, 6.45) is 0.0292. The number of alkyl halides is 1. The number of carbonyl (C=O) groups is 3. The van der Waals surface area contributed by atoms with Gasteiger partial charge < -0.3 is 14.2 Å². The number of halogens is 1. The van der Waals surface area contributed by atoms with Gasteiger partial charge in [0.25, 0.3) is 0 Å². The smallest absolute Gasteiger partial charge is 0.411 e. The average molecular weight is 378 g/mol. The molecule has 1 saturated heterocycles. The lowest BCUT2D eigenvalue weighted by Crippen LogP contribution is -2.54. The molecule has 1 aliphatic heterocycles. The van der Waals surface area contributed by atoms with Crippen LogP contribution in [0.3, 0.4) is 0 Å². The van der Waals surface area contributed by atoms with Gasteiger partial charge in [-0.1, -0.05) is 11.6 Å². The zero-order valence-corrected chi connectivity index (χ0v) is 16.5. The predicted octanol–water partition coefficient (Wildman–Crippen LogP) is 3.08. The molecule has 2 atom stereocenters. The van der Waals surface area contributed by atoms with Crippen LogP contribution >= 0.6 is 11.6 Å². The Hall–Kier alpha value is -1.50. The van der Waals surface area contributed by atoms with Crippen molar-refractivity contribution >= 4 is 29.6 Å². The van der Waals surface area contributed by atoms with Gasteiger partial charge in [-0.2, -0.15) is 0 Å². The lowest BCUT2D eigenvalue weighted by molar-refractivity contribution is -0.165. The third-order valence-electron chi connectivity index (χ3n) is 3.42. The molecule has 1 amide bonds. The molecule has 0 aliphatic carbocycles. The lowest BCUT2D eigenvalue weighted by Gasteiger charge is -2.38. The van der Waals surface area contributed by atoms with Crippen LogP contribution in [0.1, 0.15) is 54.4 Å². The van der Waals surface area contributed by atoms with Crippen molar-refractivity contribution in [1.29, 1.82) is 0 Å². The fourth-order valence-corrected chi connectivity index (χ4v) is 2.58. The number of carbonyl (C=O) groups excluding carboxylic acids is 3. The Kier molecular flexibility index (Phi) is 7.11. The van der Waals surface area contributed by atoms with Gasteiger partial charge in [0.1, 0.15) is 17.2 Å².